The Bertz CT molecular complexity index is 1050. The summed E-state index contributed by atoms with van der Waals surface area (Å²) < 4.78 is 5.50. The smallest absolute Gasteiger partial charge is 0.255 e. The van der Waals surface area contributed by atoms with E-state index in [0.717, 1.165) is 28.2 Å². The zero-order valence-corrected chi connectivity index (χ0v) is 15.3. The molecule has 0 aliphatic carbocycles. The van der Waals surface area contributed by atoms with Crippen LogP contribution in [0.4, 0.5) is 0 Å². The summed E-state index contributed by atoms with van der Waals surface area (Å²) >= 11 is 0. The maximum atomic E-state index is 12.9. The summed E-state index contributed by atoms with van der Waals surface area (Å²) in [4.78, 5) is 20.9. The fourth-order valence-corrected chi connectivity index (χ4v) is 3.30. The standard InChI is InChI=1S/C22H21N3O2/c1-14-12-17(15(2)27-14)22(26)25-20(13-16-8-4-3-5-9-16)21-23-18-10-6-7-11-19(18)24-21/h3-12,20H,13H2,1-2H3,(H,23,24)(H,25,26)/t20-/m0/s1. The molecule has 2 aromatic heterocycles. The number of carbonyl (C=O) groups is 1. The van der Waals surface area contributed by atoms with Crippen LogP contribution in [0.25, 0.3) is 11.0 Å². The quantitative estimate of drug-likeness (QED) is 0.552. The molecule has 2 N–H and O–H groups in total. The van der Waals surface area contributed by atoms with Crippen molar-refractivity contribution in [2.75, 3.05) is 0 Å². The molecule has 0 bridgehead atoms. The lowest BCUT2D eigenvalue weighted by molar-refractivity contribution is 0.0933. The molecule has 4 aromatic rings. The van der Waals surface area contributed by atoms with Crippen molar-refractivity contribution in [2.24, 2.45) is 0 Å². The molecule has 1 atom stereocenters. The number of rotatable bonds is 5. The van der Waals surface area contributed by atoms with E-state index < -0.39 is 0 Å². The third kappa shape index (κ3) is 3.62. The summed E-state index contributed by atoms with van der Waals surface area (Å²) in [6.45, 7) is 3.64. The van der Waals surface area contributed by atoms with Gasteiger partial charge in [0.05, 0.1) is 22.6 Å². The molecule has 5 nitrogen and oxygen atoms in total. The van der Waals surface area contributed by atoms with Crippen LogP contribution < -0.4 is 5.32 Å². The van der Waals surface area contributed by atoms with Gasteiger partial charge in [0, 0.05) is 0 Å². The fourth-order valence-electron chi connectivity index (χ4n) is 3.30. The second-order valence-corrected chi connectivity index (χ2v) is 6.68. The number of aryl methyl sites for hydroxylation is 2. The number of amides is 1. The van der Waals surface area contributed by atoms with Crippen molar-refractivity contribution in [1.29, 1.82) is 0 Å². The summed E-state index contributed by atoms with van der Waals surface area (Å²) in [5.74, 6) is 1.92. The molecule has 0 aliphatic heterocycles. The lowest BCUT2D eigenvalue weighted by Gasteiger charge is -2.17. The molecule has 0 unspecified atom stereocenters. The zero-order valence-electron chi connectivity index (χ0n) is 15.3. The average molecular weight is 359 g/mol. The van der Waals surface area contributed by atoms with Gasteiger partial charge in [0.15, 0.2) is 0 Å². The minimum atomic E-state index is -0.276. The van der Waals surface area contributed by atoms with Crippen LogP contribution in [0.2, 0.25) is 0 Å². The number of aromatic amines is 1. The summed E-state index contributed by atoms with van der Waals surface area (Å²) in [5, 5.41) is 3.12. The molecule has 5 heteroatoms. The fraction of sp³-hybridized carbons (Fsp3) is 0.182. The Balaban J connectivity index is 1.67. The molecule has 0 aliphatic rings. The molecule has 136 valence electrons. The number of para-hydroxylation sites is 2. The van der Waals surface area contributed by atoms with Crippen molar-refractivity contribution in [3.05, 3.63) is 89.1 Å². The molecular weight excluding hydrogens is 338 g/mol. The average Bonchev–Trinajstić information content (AvgIpc) is 3.24. The van der Waals surface area contributed by atoms with Gasteiger partial charge in [0.25, 0.3) is 5.91 Å². The van der Waals surface area contributed by atoms with Crippen LogP contribution >= 0.6 is 0 Å². The van der Waals surface area contributed by atoms with Crippen LogP contribution in [0.15, 0.2) is 65.1 Å². The van der Waals surface area contributed by atoms with Crippen LogP contribution in [0.1, 0.15) is 39.3 Å². The maximum absolute atomic E-state index is 12.9. The van der Waals surface area contributed by atoms with Gasteiger partial charge in [-0.25, -0.2) is 4.98 Å². The number of imidazole rings is 1. The molecular formula is C22H21N3O2. The van der Waals surface area contributed by atoms with E-state index in [-0.39, 0.29) is 11.9 Å². The molecule has 0 saturated carbocycles. The second kappa shape index (κ2) is 7.11. The van der Waals surface area contributed by atoms with Crippen LogP contribution in [0.5, 0.6) is 0 Å². The third-order valence-electron chi connectivity index (χ3n) is 4.61. The van der Waals surface area contributed by atoms with Crippen molar-refractivity contribution in [3.63, 3.8) is 0 Å². The van der Waals surface area contributed by atoms with Gasteiger partial charge < -0.3 is 14.7 Å². The second-order valence-electron chi connectivity index (χ2n) is 6.68. The highest BCUT2D eigenvalue weighted by atomic mass is 16.3. The van der Waals surface area contributed by atoms with E-state index in [1.165, 1.54) is 0 Å². The SMILES string of the molecule is Cc1cc(C(=O)N[C@@H](Cc2ccccc2)c2nc3ccccc3[nH]2)c(C)o1. The van der Waals surface area contributed by atoms with Gasteiger partial charge in [0.2, 0.25) is 0 Å². The number of nitrogens with zero attached hydrogens (tertiary/aromatic N) is 1. The lowest BCUT2D eigenvalue weighted by Crippen LogP contribution is -2.31. The number of carbonyl (C=O) groups excluding carboxylic acids is 1. The van der Waals surface area contributed by atoms with Crippen molar-refractivity contribution in [1.82, 2.24) is 15.3 Å². The Morgan fingerprint density at radius 1 is 1.11 bits per heavy atom. The maximum Gasteiger partial charge on any atom is 0.255 e. The van der Waals surface area contributed by atoms with Crippen molar-refractivity contribution >= 4 is 16.9 Å². The van der Waals surface area contributed by atoms with Crippen LogP contribution in [-0.2, 0) is 6.42 Å². The van der Waals surface area contributed by atoms with Crippen molar-refractivity contribution < 1.29 is 9.21 Å². The van der Waals surface area contributed by atoms with E-state index in [1.54, 1.807) is 13.0 Å². The normalized spacial score (nSPS) is 12.2. The highest BCUT2D eigenvalue weighted by Crippen LogP contribution is 2.21. The number of hydrogen-bond donors (Lipinski definition) is 2. The number of aromatic nitrogens is 2. The van der Waals surface area contributed by atoms with Crippen molar-refractivity contribution in [2.45, 2.75) is 26.3 Å². The zero-order chi connectivity index (χ0) is 18.8. The minimum absolute atomic E-state index is 0.161. The lowest BCUT2D eigenvalue weighted by atomic mass is 10.0. The minimum Gasteiger partial charge on any atom is -0.466 e. The third-order valence-corrected chi connectivity index (χ3v) is 4.61. The number of H-pyrrole nitrogens is 1. The first-order valence-electron chi connectivity index (χ1n) is 8.96. The van der Waals surface area contributed by atoms with Gasteiger partial charge in [0.1, 0.15) is 17.3 Å². The highest BCUT2D eigenvalue weighted by Gasteiger charge is 2.22. The molecule has 0 radical (unpaired) electrons. The van der Waals surface area contributed by atoms with Gasteiger partial charge in [-0.2, -0.15) is 0 Å². The van der Waals surface area contributed by atoms with Crippen molar-refractivity contribution in [3.8, 4) is 0 Å². The van der Waals surface area contributed by atoms with Crippen LogP contribution in [0, 0.1) is 13.8 Å². The number of nitrogens with one attached hydrogen (secondary N) is 2. The number of furan rings is 1. The van der Waals surface area contributed by atoms with E-state index in [1.807, 2.05) is 49.4 Å². The summed E-state index contributed by atoms with van der Waals surface area (Å²) in [6, 6.07) is 19.4. The molecule has 4 rings (SSSR count). The van der Waals surface area contributed by atoms with E-state index in [9.17, 15) is 4.79 Å². The molecule has 2 aromatic carbocycles. The number of hydrogen-bond acceptors (Lipinski definition) is 3. The van der Waals surface area contributed by atoms with Gasteiger partial charge in [-0.05, 0) is 44.0 Å². The van der Waals surface area contributed by atoms with E-state index in [2.05, 4.69) is 27.4 Å². The first-order chi connectivity index (χ1) is 13.1. The number of benzene rings is 2. The monoisotopic (exact) mass is 359 g/mol. The molecule has 0 fully saturated rings. The van der Waals surface area contributed by atoms with Gasteiger partial charge >= 0.3 is 0 Å². The first-order valence-corrected chi connectivity index (χ1v) is 8.96. The molecule has 0 spiro atoms. The van der Waals surface area contributed by atoms with Crippen LogP contribution in [0.3, 0.4) is 0 Å². The van der Waals surface area contributed by atoms with Gasteiger partial charge in [-0.1, -0.05) is 42.5 Å². The first kappa shape index (κ1) is 17.1. The van der Waals surface area contributed by atoms with E-state index in [0.29, 0.717) is 17.7 Å². The Labute approximate surface area is 157 Å². The Morgan fingerprint density at radius 3 is 2.56 bits per heavy atom. The van der Waals surface area contributed by atoms with E-state index in [4.69, 9.17) is 4.42 Å². The Morgan fingerprint density at radius 2 is 1.85 bits per heavy atom. The molecule has 0 saturated heterocycles. The summed E-state index contributed by atoms with van der Waals surface area (Å²) in [5.41, 5.74) is 3.52. The van der Waals surface area contributed by atoms with Gasteiger partial charge in [-0.15, -0.1) is 0 Å². The van der Waals surface area contributed by atoms with E-state index >= 15 is 0 Å². The van der Waals surface area contributed by atoms with Crippen LogP contribution in [-0.4, -0.2) is 15.9 Å². The molecule has 27 heavy (non-hydrogen) atoms. The predicted molar refractivity (Wildman–Crippen MR) is 105 cm³/mol. The summed E-state index contributed by atoms with van der Waals surface area (Å²) in [6.07, 6.45) is 0.641. The largest absolute Gasteiger partial charge is 0.466 e. The number of fused-ring (bicyclic) bond motifs is 1. The topological polar surface area (TPSA) is 70.9 Å². The molecule has 1 amide bonds. The summed E-state index contributed by atoms with van der Waals surface area (Å²) in [7, 11) is 0. The Hall–Kier alpha value is -3.34. The molecule has 2 heterocycles. The predicted octanol–water partition coefficient (Wildman–Crippen LogP) is 4.49. The Kier molecular flexibility index (Phi) is 4.50. The highest BCUT2D eigenvalue weighted by molar-refractivity contribution is 5.95. The van der Waals surface area contributed by atoms with Gasteiger partial charge in [-0.3, -0.25) is 4.79 Å².